The zero-order chi connectivity index (χ0) is 24.2. The van der Waals surface area contributed by atoms with Crippen LogP contribution in [0.15, 0.2) is 30.5 Å². The highest BCUT2D eigenvalue weighted by Gasteiger charge is 2.32. The van der Waals surface area contributed by atoms with E-state index >= 15 is 0 Å². The fourth-order valence-electron chi connectivity index (χ4n) is 5.63. The van der Waals surface area contributed by atoms with Crippen LogP contribution in [0.4, 0.5) is 5.69 Å². The molecular formula is C27H39N5O2. The van der Waals surface area contributed by atoms with Gasteiger partial charge in [-0.3, -0.25) is 19.2 Å². The highest BCUT2D eigenvalue weighted by Crippen LogP contribution is 2.30. The van der Waals surface area contributed by atoms with Crippen molar-refractivity contribution >= 4 is 17.5 Å². The van der Waals surface area contributed by atoms with Crippen molar-refractivity contribution in [2.45, 2.75) is 77.4 Å². The lowest BCUT2D eigenvalue weighted by Crippen LogP contribution is -2.50. The Morgan fingerprint density at radius 2 is 1.82 bits per heavy atom. The number of para-hydroxylation sites is 1. The third-order valence-electron chi connectivity index (χ3n) is 7.67. The Bertz CT molecular complexity index is 1020. The first-order valence-corrected chi connectivity index (χ1v) is 12.7. The lowest BCUT2D eigenvalue weighted by Gasteiger charge is -2.42. The predicted octanol–water partition coefficient (Wildman–Crippen LogP) is 3.69. The number of likely N-dealkylation sites (N-methyl/N-ethyl adjacent to an activating group) is 1. The summed E-state index contributed by atoms with van der Waals surface area (Å²) < 4.78 is 1.81. The van der Waals surface area contributed by atoms with Crippen LogP contribution in [0.1, 0.15) is 62.3 Å². The van der Waals surface area contributed by atoms with Crippen molar-refractivity contribution in [2.24, 2.45) is 7.05 Å². The number of carbonyl (C=O) groups excluding carboxylic acids is 2. The topological polar surface area (TPSA) is 61.7 Å². The average molecular weight is 466 g/mol. The molecule has 7 heteroatoms. The van der Waals surface area contributed by atoms with E-state index in [9.17, 15) is 9.59 Å². The van der Waals surface area contributed by atoms with Crippen molar-refractivity contribution in [3.8, 4) is 0 Å². The molecule has 7 nitrogen and oxygen atoms in total. The van der Waals surface area contributed by atoms with Gasteiger partial charge in [-0.2, -0.15) is 5.10 Å². The normalized spacial score (nSPS) is 21.6. The van der Waals surface area contributed by atoms with Gasteiger partial charge in [-0.05, 0) is 56.8 Å². The monoisotopic (exact) mass is 465 g/mol. The molecule has 1 saturated heterocycles. The quantitative estimate of drug-likeness (QED) is 0.691. The van der Waals surface area contributed by atoms with Crippen LogP contribution in [0.25, 0.3) is 0 Å². The Morgan fingerprint density at radius 3 is 2.56 bits per heavy atom. The first-order chi connectivity index (χ1) is 16.4. The van der Waals surface area contributed by atoms with Gasteiger partial charge in [-0.1, -0.05) is 31.5 Å². The number of aromatic nitrogens is 2. The van der Waals surface area contributed by atoms with Gasteiger partial charge in [0.25, 0.3) is 0 Å². The first kappa shape index (κ1) is 24.5. The number of carbonyl (C=O) groups is 2. The molecule has 2 unspecified atom stereocenters. The van der Waals surface area contributed by atoms with E-state index in [1.54, 1.807) is 0 Å². The van der Waals surface area contributed by atoms with Gasteiger partial charge in [0.1, 0.15) is 0 Å². The molecule has 2 aromatic rings. The maximum atomic E-state index is 13.6. The molecule has 1 aromatic heterocycles. The third-order valence-corrected chi connectivity index (χ3v) is 7.67. The number of piperidine rings is 1. The number of hydrogen-bond donors (Lipinski definition) is 0. The minimum atomic E-state index is 0.145. The number of amides is 2. The maximum absolute atomic E-state index is 13.6. The van der Waals surface area contributed by atoms with Crippen molar-refractivity contribution in [3.63, 3.8) is 0 Å². The van der Waals surface area contributed by atoms with Crippen LogP contribution in [0.3, 0.4) is 0 Å². The van der Waals surface area contributed by atoms with E-state index in [0.29, 0.717) is 37.9 Å². The van der Waals surface area contributed by atoms with E-state index in [2.05, 4.69) is 23.1 Å². The van der Waals surface area contributed by atoms with Gasteiger partial charge in [-0.15, -0.1) is 0 Å². The molecule has 0 saturated carbocycles. The smallest absolute Gasteiger partial charge is 0.226 e. The van der Waals surface area contributed by atoms with Gasteiger partial charge < -0.3 is 9.80 Å². The van der Waals surface area contributed by atoms with Crippen molar-refractivity contribution in [2.75, 3.05) is 25.0 Å². The summed E-state index contributed by atoms with van der Waals surface area (Å²) in [6, 6.07) is 8.91. The molecule has 0 N–H and O–H groups in total. The second kappa shape index (κ2) is 10.7. The number of fused-ring (bicyclic) bond motifs is 3. The molecule has 2 bridgehead atoms. The summed E-state index contributed by atoms with van der Waals surface area (Å²) in [5, 5.41) is 4.42. The van der Waals surface area contributed by atoms with Gasteiger partial charge in [0.15, 0.2) is 0 Å². The van der Waals surface area contributed by atoms with E-state index in [-0.39, 0.29) is 11.8 Å². The Labute approximate surface area is 203 Å². The number of aryl methyl sites for hydroxylation is 3. The molecular weight excluding hydrogens is 426 g/mol. The second-order valence-corrected chi connectivity index (χ2v) is 9.91. The van der Waals surface area contributed by atoms with Crippen LogP contribution in [-0.2, 0) is 29.6 Å². The summed E-state index contributed by atoms with van der Waals surface area (Å²) in [6.07, 6.45) is 8.04. The number of rotatable bonds is 4. The largest absolute Gasteiger partial charge is 0.337 e. The van der Waals surface area contributed by atoms with E-state index in [1.165, 1.54) is 6.42 Å². The highest BCUT2D eigenvalue weighted by molar-refractivity contribution is 5.94. The highest BCUT2D eigenvalue weighted by atomic mass is 16.2. The van der Waals surface area contributed by atoms with Gasteiger partial charge >= 0.3 is 0 Å². The lowest BCUT2D eigenvalue weighted by molar-refractivity contribution is -0.133. The number of benzene rings is 1. The Hall–Kier alpha value is -2.67. The summed E-state index contributed by atoms with van der Waals surface area (Å²) in [5.41, 5.74) is 4.12. The minimum Gasteiger partial charge on any atom is -0.337 e. The van der Waals surface area contributed by atoms with Crippen LogP contribution < -0.4 is 4.90 Å². The molecule has 2 aliphatic heterocycles. The molecule has 4 rings (SSSR count). The average Bonchev–Trinajstić information content (AvgIpc) is 3.15. The van der Waals surface area contributed by atoms with Crippen molar-refractivity contribution in [3.05, 3.63) is 47.3 Å². The van der Waals surface area contributed by atoms with E-state index in [0.717, 1.165) is 54.9 Å². The third kappa shape index (κ3) is 5.35. The molecule has 34 heavy (non-hydrogen) atoms. The van der Waals surface area contributed by atoms with Crippen LogP contribution in [0.2, 0.25) is 0 Å². The molecule has 184 valence electrons. The predicted molar refractivity (Wildman–Crippen MR) is 135 cm³/mol. The molecule has 0 spiro atoms. The van der Waals surface area contributed by atoms with E-state index in [4.69, 9.17) is 0 Å². The van der Waals surface area contributed by atoms with Crippen molar-refractivity contribution in [1.82, 2.24) is 19.6 Å². The van der Waals surface area contributed by atoms with E-state index in [1.807, 2.05) is 59.8 Å². The van der Waals surface area contributed by atoms with Crippen LogP contribution in [0.5, 0.6) is 0 Å². The van der Waals surface area contributed by atoms with Crippen molar-refractivity contribution in [1.29, 1.82) is 0 Å². The molecule has 2 aliphatic rings. The van der Waals surface area contributed by atoms with E-state index < -0.39 is 0 Å². The molecule has 1 aromatic carbocycles. The molecule has 1 fully saturated rings. The fourth-order valence-corrected chi connectivity index (χ4v) is 5.63. The molecule has 3 heterocycles. The second-order valence-electron chi connectivity index (χ2n) is 9.91. The zero-order valence-electron chi connectivity index (χ0n) is 21.2. The number of hydrogen-bond acceptors (Lipinski definition) is 4. The van der Waals surface area contributed by atoms with Crippen LogP contribution in [-0.4, -0.2) is 63.6 Å². The van der Waals surface area contributed by atoms with Gasteiger partial charge in [0.05, 0.1) is 5.69 Å². The number of anilines is 1. The molecule has 0 aliphatic carbocycles. The molecule has 2 atom stereocenters. The minimum absolute atomic E-state index is 0.145. The summed E-state index contributed by atoms with van der Waals surface area (Å²) in [6.45, 7) is 5.91. The summed E-state index contributed by atoms with van der Waals surface area (Å²) in [4.78, 5) is 33.0. The molecule has 0 radical (unpaired) electrons. The number of nitrogens with zero attached hydrogens (tertiary/aromatic N) is 5. The zero-order valence-corrected chi connectivity index (χ0v) is 21.2. The Balaban J connectivity index is 1.64. The van der Waals surface area contributed by atoms with Crippen LogP contribution in [0, 0.1) is 6.92 Å². The fraction of sp³-hybridized carbons (Fsp3) is 0.593. The van der Waals surface area contributed by atoms with Gasteiger partial charge in [0.2, 0.25) is 11.8 Å². The first-order valence-electron chi connectivity index (χ1n) is 12.7. The summed E-state index contributed by atoms with van der Waals surface area (Å²) in [5.74, 6) is 0.313. The Morgan fingerprint density at radius 1 is 1.06 bits per heavy atom. The van der Waals surface area contributed by atoms with Gasteiger partial charge in [0, 0.05) is 63.5 Å². The SMILES string of the molecule is CCC(=O)N1CCC2CCCC(CN(C(=O)CCc3cn(C)nc3C)Cc3ccccc31)N2C. The summed E-state index contributed by atoms with van der Waals surface area (Å²) in [7, 11) is 4.12. The maximum Gasteiger partial charge on any atom is 0.226 e. The lowest BCUT2D eigenvalue weighted by atomic mass is 9.93. The molecule has 2 amide bonds. The Kier molecular flexibility index (Phi) is 7.71. The summed E-state index contributed by atoms with van der Waals surface area (Å²) >= 11 is 0. The van der Waals surface area contributed by atoms with Crippen LogP contribution >= 0.6 is 0 Å². The standard InChI is InChI=1S/C27H39N5O2/c1-5-26(33)32-16-15-23-10-8-11-24(30(23)4)19-31(18-22-9-6-7-12-25(22)32)27(34)14-13-21-17-29(3)28-20(21)2/h6-7,9,12,17,23-24H,5,8,10-11,13-16,18-19H2,1-4H3. The van der Waals surface area contributed by atoms with Gasteiger partial charge in [-0.25, -0.2) is 0 Å². The van der Waals surface area contributed by atoms with Crippen molar-refractivity contribution < 1.29 is 9.59 Å².